The number of likely N-dealkylation sites (N-methyl/N-ethyl adjacent to an activating group) is 1. The Hall–Kier alpha value is -2.40. The Balaban J connectivity index is 1.98. The molecule has 4 nitrogen and oxygen atoms in total. The molecule has 0 aromatic heterocycles. The number of benzene rings is 2. The minimum atomic E-state index is -0.355. The Labute approximate surface area is 142 Å². The molecule has 0 saturated heterocycles. The standard InChI is InChI=1S/C19H23FN2O2/c1-22(2)18(14-8-10-16(24-3)11-9-14)13-21-19(23)12-15-6-4-5-7-17(15)20/h4-11,18H,12-13H2,1-3H3,(H,21,23). The van der Waals surface area contributed by atoms with Crippen molar-refractivity contribution < 1.29 is 13.9 Å². The monoisotopic (exact) mass is 330 g/mol. The Morgan fingerprint density at radius 1 is 1.17 bits per heavy atom. The van der Waals surface area contributed by atoms with Gasteiger partial charge in [-0.05, 0) is 43.4 Å². The number of hydrogen-bond acceptors (Lipinski definition) is 3. The first kappa shape index (κ1) is 17.9. The molecule has 1 N–H and O–H groups in total. The highest BCUT2D eigenvalue weighted by molar-refractivity contribution is 5.78. The highest BCUT2D eigenvalue weighted by Crippen LogP contribution is 2.20. The lowest BCUT2D eigenvalue weighted by atomic mass is 10.1. The van der Waals surface area contributed by atoms with E-state index in [1.807, 2.05) is 43.3 Å². The van der Waals surface area contributed by atoms with Crippen LogP contribution in [0.15, 0.2) is 48.5 Å². The number of hydrogen-bond donors (Lipinski definition) is 1. The molecule has 0 fully saturated rings. The number of amides is 1. The van der Waals surface area contributed by atoms with E-state index in [2.05, 4.69) is 5.32 Å². The Kier molecular flexibility index (Phi) is 6.32. The second kappa shape index (κ2) is 8.45. The molecule has 2 rings (SSSR count). The number of nitrogens with one attached hydrogen (secondary N) is 1. The minimum Gasteiger partial charge on any atom is -0.497 e. The van der Waals surface area contributed by atoms with Gasteiger partial charge in [0.2, 0.25) is 5.91 Å². The molecular formula is C19H23FN2O2. The van der Waals surface area contributed by atoms with E-state index >= 15 is 0 Å². The van der Waals surface area contributed by atoms with Crippen LogP contribution in [0, 0.1) is 5.82 Å². The fraction of sp³-hybridized carbons (Fsp3) is 0.316. The molecule has 24 heavy (non-hydrogen) atoms. The van der Waals surface area contributed by atoms with Crippen molar-refractivity contribution in [3.8, 4) is 5.75 Å². The SMILES string of the molecule is COc1ccc(C(CNC(=O)Cc2ccccc2F)N(C)C)cc1. The largest absolute Gasteiger partial charge is 0.497 e. The first-order valence-electron chi connectivity index (χ1n) is 7.81. The number of nitrogens with zero attached hydrogens (tertiary/aromatic N) is 1. The van der Waals surface area contributed by atoms with Crippen LogP contribution in [-0.4, -0.2) is 38.6 Å². The van der Waals surface area contributed by atoms with Gasteiger partial charge in [-0.3, -0.25) is 4.79 Å². The Morgan fingerprint density at radius 2 is 1.83 bits per heavy atom. The van der Waals surface area contributed by atoms with Crippen LogP contribution in [-0.2, 0) is 11.2 Å². The molecule has 0 heterocycles. The predicted molar refractivity (Wildman–Crippen MR) is 92.5 cm³/mol. The van der Waals surface area contributed by atoms with Gasteiger partial charge in [0.1, 0.15) is 11.6 Å². The van der Waals surface area contributed by atoms with Crippen LogP contribution >= 0.6 is 0 Å². The van der Waals surface area contributed by atoms with Crippen LogP contribution < -0.4 is 10.1 Å². The van der Waals surface area contributed by atoms with E-state index in [1.165, 1.54) is 6.07 Å². The van der Waals surface area contributed by atoms with E-state index in [-0.39, 0.29) is 24.2 Å². The first-order chi connectivity index (χ1) is 11.5. The van der Waals surface area contributed by atoms with E-state index in [4.69, 9.17) is 4.74 Å². The van der Waals surface area contributed by atoms with E-state index in [9.17, 15) is 9.18 Å². The quantitative estimate of drug-likeness (QED) is 0.849. The summed E-state index contributed by atoms with van der Waals surface area (Å²) in [4.78, 5) is 14.1. The van der Waals surface area contributed by atoms with Crippen molar-refractivity contribution in [2.24, 2.45) is 0 Å². The summed E-state index contributed by atoms with van der Waals surface area (Å²) in [6, 6.07) is 14.1. The zero-order valence-electron chi connectivity index (χ0n) is 14.3. The van der Waals surface area contributed by atoms with Gasteiger partial charge < -0.3 is 15.0 Å². The third kappa shape index (κ3) is 4.80. The third-order valence-corrected chi connectivity index (χ3v) is 3.93. The second-order valence-electron chi connectivity index (χ2n) is 5.82. The van der Waals surface area contributed by atoms with Crippen LogP contribution in [0.1, 0.15) is 17.2 Å². The number of rotatable bonds is 7. The van der Waals surface area contributed by atoms with Crippen LogP contribution in [0.2, 0.25) is 0 Å². The van der Waals surface area contributed by atoms with Crippen molar-refractivity contribution in [3.63, 3.8) is 0 Å². The second-order valence-corrected chi connectivity index (χ2v) is 5.82. The normalized spacial score (nSPS) is 12.0. The molecule has 0 radical (unpaired) electrons. The fourth-order valence-electron chi connectivity index (χ4n) is 2.51. The van der Waals surface area contributed by atoms with Crippen molar-refractivity contribution in [2.75, 3.05) is 27.7 Å². The van der Waals surface area contributed by atoms with E-state index in [0.717, 1.165) is 11.3 Å². The lowest BCUT2D eigenvalue weighted by Gasteiger charge is -2.25. The summed E-state index contributed by atoms with van der Waals surface area (Å²) in [5.74, 6) is 0.243. The maximum absolute atomic E-state index is 13.6. The minimum absolute atomic E-state index is 0.0282. The van der Waals surface area contributed by atoms with E-state index < -0.39 is 0 Å². The van der Waals surface area contributed by atoms with Gasteiger partial charge in [0.05, 0.1) is 19.6 Å². The molecule has 0 saturated carbocycles. The van der Waals surface area contributed by atoms with Gasteiger partial charge in [-0.1, -0.05) is 30.3 Å². The number of carbonyl (C=O) groups is 1. The Bertz CT molecular complexity index is 671. The molecule has 1 amide bonds. The van der Waals surface area contributed by atoms with Crippen molar-refractivity contribution in [1.82, 2.24) is 10.2 Å². The highest BCUT2D eigenvalue weighted by Gasteiger charge is 2.16. The van der Waals surface area contributed by atoms with E-state index in [0.29, 0.717) is 12.1 Å². The molecule has 0 aliphatic heterocycles. The van der Waals surface area contributed by atoms with Crippen molar-refractivity contribution in [1.29, 1.82) is 0 Å². The number of ether oxygens (including phenoxy) is 1. The molecule has 2 aromatic rings. The predicted octanol–water partition coefficient (Wildman–Crippen LogP) is 2.80. The van der Waals surface area contributed by atoms with Gasteiger partial charge in [0.15, 0.2) is 0 Å². The topological polar surface area (TPSA) is 41.6 Å². The van der Waals surface area contributed by atoms with Crippen LogP contribution in [0.5, 0.6) is 5.75 Å². The molecule has 0 aliphatic rings. The van der Waals surface area contributed by atoms with Gasteiger partial charge in [-0.2, -0.15) is 0 Å². The molecule has 1 unspecified atom stereocenters. The summed E-state index contributed by atoms with van der Waals surface area (Å²) in [6.45, 7) is 0.451. The smallest absolute Gasteiger partial charge is 0.224 e. The molecule has 2 aromatic carbocycles. The van der Waals surface area contributed by atoms with Gasteiger partial charge >= 0.3 is 0 Å². The number of halogens is 1. The van der Waals surface area contributed by atoms with Gasteiger partial charge in [0.25, 0.3) is 0 Å². The maximum Gasteiger partial charge on any atom is 0.224 e. The lowest BCUT2D eigenvalue weighted by Crippen LogP contribution is -2.35. The molecular weight excluding hydrogens is 307 g/mol. The van der Waals surface area contributed by atoms with Crippen LogP contribution in [0.3, 0.4) is 0 Å². The highest BCUT2D eigenvalue weighted by atomic mass is 19.1. The zero-order valence-corrected chi connectivity index (χ0v) is 14.3. The maximum atomic E-state index is 13.6. The molecule has 0 aliphatic carbocycles. The lowest BCUT2D eigenvalue weighted by molar-refractivity contribution is -0.120. The fourth-order valence-corrected chi connectivity index (χ4v) is 2.51. The van der Waals surface area contributed by atoms with Gasteiger partial charge in [-0.25, -0.2) is 4.39 Å². The third-order valence-electron chi connectivity index (χ3n) is 3.93. The molecule has 1 atom stereocenters. The molecule has 128 valence electrons. The average molecular weight is 330 g/mol. The van der Waals surface area contributed by atoms with Crippen LogP contribution in [0.25, 0.3) is 0 Å². The molecule has 0 spiro atoms. The number of carbonyl (C=O) groups excluding carboxylic acids is 1. The average Bonchev–Trinajstić information content (AvgIpc) is 2.57. The molecule has 0 bridgehead atoms. The summed E-state index contributed by atoms with van der Waals surface area (Å²) in [5.41, 5.74) is 1.48. The number of methoxy groups -OCH3 is 1. The molecule has 5 heteroatoms. The summed E-state index contributed by atoms with van der Waals surface area (Å²) < 4.78 is 18.8. The van der Waals surface area contributed by atoms with Gasteiger partial charge in [-0.15, -0.1) is 0 Å². The van der Waals surface area contributed by atoms with E-state index in [1.54, 1.807) is 25.3 Å². The summed E-state index contributed by atoms with van der Waals surface area (Å²) in [7, 11) is 5.54. The van der Waals surface area contributed by atoms with Crippen LogP contribution in [0.4, 0.5) is 4.39 Å². The summed E-state index contributed by atoms with van der Waals surface area (Å²) >= 11 is 0. The van der Waals surface area contributed by atoms with Gasteiger partial charge in [0, 0.05) is 6.54 Å². The van der Waals surface area contributed by atoms with Crippen molar-refractivity contribution in [3.05, 3.63) is 65.5 Å². The Morgan fingerprint density at radius 3 is 2.42 bits per heavy atom. The summed E-state index contributed by atoms with van der Waals surface area (Å²) in [5, 5.41) is 2.89. The first-order valence-corrected chi connectivity index (χ1v) is 7.81. The van der Waals surface area contributed by atoms with Crippen molar-refractivity contribution >= 4 is 5.91 Å². The van der Waals surface area contributed by atoms with Crippen molar-refractivity contribution in [2.45, 2.75) is 12.5 Å². The summed E-state index contributed by atoms with van der Waals surface area (Å²) in [6.07, 6.45) is 0.0371. The zero-order chi connectivity index (χ0) is 17.5.